The van der Waals surface area contributed by atoms with Crippen LogP contribution in [0.4, 0.5) is 4.39 Å². The number of hydrogen-bond acceptors (Lipinski definition) is 3. The Kier molecular flexibility index (Phi) is 4.00. The first-order chi connectivity index (χ1) is 10.1. The van der Waals surface area contributed by atoms with Crippen LogP contribution in [0.1, 0.15) is 46.4 Å². The Morgan fingerprint density at radius 3 is 2.76 bits per heavy atom. The quantitative estimate of drug-likeness (QED) is 0.889. The minimum Gasteiger partial charge on any atom is -0.485 e. The van der Waals surface area contributed by atoms with E-state index in [0.717, 1.165) is 24.3 Å². The maximum atomic E-state index is 13.5. The summed E-state index contributed by atoms with van der Waals surface area (Å²) in [6.45, 7) is 7.19. The first-order valence-corrected chi connectivity index (χ1v) is 8.16. The van der Waals surface area contributed by atoms with Gasteiger partial charge in [-0.05, 0) is 44.7 Å². The van der Waals surface area contributed by atoms with Crippen LogP contribution in [0.15, 0.2) is 24.3 Å². The molecule has 0 aliphatic carbocycles. The standard InChI is InChI=1S/C17H20FNOS/c1-4-19-15-9-17(13-7-10(2)21-11(13)3)20-16-6-5-12(18)8-14(15)16/h5-8,15,17,19H,4,9H2,1-3H3. The topological polar surface area (TPSA) is 21.3 Å². The maximum absolute atomic E-state index is 13.5. The van der Waals surface area contributed by atoms with Crippen LogP contribution in [-0.4, -0.2) is 6.54 Å². The van der Waals surface area contributed by atoms with Crippen molar-refractivity contribution in [1.82, 2.24) is 5.32 Å². The monoisotopic (exact) mass is 305 g/mol. The molecule has 2 unspecified atom stereocenters. The van der Waals surface area contributed by atoms with Gasteiger partial charge in [-0.1, -0.05) is 6.92 Å². The normalized spacial score (nSPS) is 21.0. The molecule has 3 rings (SSSR count). The lowest BCUT2D eigenvalue weighted by Crippen LogP contribution is -2.29. The number of halogens is 1. The molecule has 4 heteroatoms. The van der Waals surface area contributed by atoms with Crippen molar-refractivity contribution in [3.05, 3.63) is 51.0 Å². The minimum absolute atomic E-state index is 0.0389. The summed E-state index contributed by atoms with van der Waals surface area (Å²) in [4.78, 5) is 2.61. The van der Waals surface area contributed by atoms with Crippen molar-refractivity contribution >= 4 is 11.3 Å². The highest BCUT2D eigenvalue weighted by Gasteiger charge is 2.30. The number of nitrogens with one attached hydrogen (secondary N) is 1. The Bertz CT molecular complexity index is 652. The van der Waals surface area contributed by atoms with Gasteiger partial charge in [-0.25, -0.2) is 4.39 Å². The summed E-state index contributed by atoms with van der Waals surface area (Å²) < 4.78 is 19.7. The Morgan fingerprint density at radius 2 is 2.10 bits per heavy atom. The third-order valence-electron chi connectivity index (χ3n) is 3.94. The number of hydrogen-bond donors (Lipinski definition) is 1. The average Bonchev–Trinajstić information content (AvgIpc) is 2.78. The van der Waals surface area contributed by atoms with Gasteiger partial charge in [0.2, 0.25) is 0 Å². The van der Waals surface area contributed by atoms with Gasteiger partial charge in [0.05, 0.1) is 0 Å². The minimum atomic E-state index is -0.207. The van der Waals surface area contributed by atoms with Crippen molar-refractivity contribution in [2.24, 2.45) is 0 Å². The number of aryl methyl sites for hydroxylation is 2. The van der Waals surface area contributed by atoms with Gasteiger partial charge in [-0.15, -0.1) is 11.3 Å². The molecule has 1 aliphatic heterocycles. The molecule has 1 aromatic carbocycles. The second kappa shape index (κ2) is 5.78. The Balaban J connectivity index is 1.97. The van der Waals surface area contributed by atoms with Crippen molar-refractivity contribution < 1.29 is 9.13 Å². The summed E-state index contributed by atoms with van der Waals surface area (Å²) in [5, 5.41) is 3.45. The highest BCUT2D eigenvalue weighted by atomic mass is 32.1. The molecule has 112 valence electrons. The fourth-order valence-electron chi connectivity index (χ4n) is 3.04. The summed E-state index contributed by atoms with van der Waals surface area (Å²) in [5.74, 6) is 0.586. The van der Waals surface area contributed by atoms with Crippen LogP contribution in [0.25, 0.3) is 0 Å². The van der Waals surface area contributed by atoms with Gasteiger partial charge in [0, 0.05) is 33.3 Å². The predicted molar refractivity (Wildman–Crippen MR) is 84.6 cm³/mol. The molecule has 0 bridgehead atoms. The Hall–Kier alpha value is -1.39. The number of rotatable bonds is 3. The van der Waals surface area contributed by atoms with Crippen LogP contribution in [0, 0.1) is 19.7 Å². The molecule has 2 aromatic rings. The zero-order chi connectivity index (χ0) is 15.0. The van der Waals surface area contributed by atoms with Gasteiger partial charge in [-0.3, -0.25) is 0 Å². The van der Waals surface area contributed by atoms with Crippen molar-refractivity contribution in [3.63, 3.8) is 0 Å². The predicted octanol–water partition coefficient (Wildman–Crippen LogP) is 4.68. The molecule has 2 heterocycles. The van der Waals surface area contributed by atoms with E-state index in [4.69, 9.17) is 4.74 Å². The lowest BCUT2D eigenvalue weighted by Gasteiger charge is -2.33. The van der Waals surface area contributed by atoms with Crippen LogP contribution in [0.2, 0.25) is 0 Å². The molecule has 2 nitrogen and oxygen atoms in total. The van der Waals surface area contributed by atoms with Gasteiger partial charge in [0.1, 0.15) is 17.7 Å². The van der Waals surface area contributed by atoms with E-state index in [9.17, 15) is 4.39 Å². The molecule has 0 amide bonds. The van der Waals surface area contributed by atoms with Gasteiger partial charge < -0.3 is 10.1 Å². The number of ether oxygens (including phenoxy) is 1. The summed E-state index contributed by atoms with van der Waals surface area (Å²) in [5.41, 5.74) is 2.19. The molecular formula is C17H20FNOS. The van der Waals surface area contributed by atoms with Crippen LogP contribution in [0.3, 0.4) is 0 Å². The molecule has 21 heavy (non-hydrogen) atoms. The van der Waals surface area contributed by atoms with E-state index in [1.54, 1.807) is 23.5 Å². The lowest BCUT2D eigenvalue weighted by atomic mass is 9.93. The smallest absolute Gasteiger partial charge is 0.127 e. The van der Waals surface area contributed by atoms with E-state index in [-0.39, 0.29) is 18.0 Å². The summed E-state index contributed by atoms with van der Waals surface area (Å²) >= 11 is 1.80. The molecule has 0 radical (unpaired) electrons. The van der Waals surface area contributed by atoms with Gasteiger partial charge >= 0.3 is 0 Å². The molecule has 0 saturated heterocycles. The van der Waals surface area contributed by atoms with Gasteiger partial charge in [0.25, 0.3) is 0 Å². The van der Waals surface area contributed by atoms with Crippen LogP contribution < -0.4 is 10.1 Å². The van der Waals surface area contributed by atoms with Crippen molar-refractivity contribution in [2.45, 2.75) is 39.3 Å². The highest BCUT2D eigenvalue weighted by Crippen LogP contribution is 2.43. The SMILES string of the molecule is CCNC1CC(c2cc(C)sc2C)Oc2ccc(F)cc21. The number of benzene rings is 1. The van der Waals surface area contributed by atoms with Crippen molar-refractivity contribution in [2.75, 3.05) is 6.54 Å². The number of fused-ring (bicyclic) bond motifs is 1. The summed E-state index contributed by atoms with van der Waals surface area (Å²) in [6, 6.07) is 7.15. The molecule has 1 aliphatic rings. The molecule has 0 fully saturated rings. The second-order valence-corrected chi connectivity index (χ2v) is 6.96. The lowest BCUT2D eigenvalue weighted by molar-refractivity contribution is 0.151. The van der Waals surface area contributed by atoms with Crippen LogP contribution >= 0.6 is 11.3 Å². The van der Waals surface area contributed by atoms with Gasteiger partial charge in [-0.2, -0.15) is 0 Å². The van der Waals surface area contributed by atoms with Crippen LogP contribution in [0.5, 0.6) is 5.75 Å². The van der Waals surface area contributed by atoms with E-state index in [2.05, 4.69) is 32.2 Å². The van der Waals surface area contributed by atoms with Gasteiger partial charge in [0.15, 0.2) is 0 Å². The average molecular weight is 305 g/mol. The summed E-state index contributed by atoms with van der Waals surface area (Å²) in [6.07, 6.45) is 0.873. The molecule has 2 atom stereocenters. The highest BCUT2D eigenvalue weighted by molar-refractivity contribution is 7.12. The first-order valence-electron chi connectivity index (χ1n) is 7.35. The molecule has 0 spiro atoms. The second-order valence-electron chi connectivity index (χ2n) is 5.50. The Morgan fingerprint density at radius 1 is 1.29 bits per heavy atom. The number of thiophene rings is 1. The van der Waals surface area contributed by atoms with E-state index in [1.165, 1.54) is 21.4 Å². The third kappa shape index (κ3) is 2.83. The van der Waals surface area contributed by atoms with E-state index < -0.39 is 0 Å². The zero-order valence-corrected chi connectivity index (χ0v) is 13.4. The summed E-state index contributed by atoms with van der Waals surface area (Å²) in [7, 11) is 0. The largest absolute Gasteiger partial charge is 0.485 e. The third-order valence-corrected chi connectivity index (χ3v) is 4.92. The molecule has 1 aromatic heterocycles. The van der Waals surface area contributed by atoms with E-state index >= 15 is 0 Å². The molecular weight excluding hydrogens is 285 g/mol. The van der Waals surface area contributed by atoms with E-state index in [1.807, 2.05) is 0 Å². The zero-order valence-electron chi connectivity index (χ0n) is 12.6. The molecule has 0 saturated carbocycles. The Labute approximate surface area is 129 Å². The van der Waals surface area contributed by atoms with Crippen molar-refractivity contribution in [1.29, 1.82) is 0 Å². The first kappa shape index (κ1) is 14.5. The van der Waals surface area contributed by atoms with Crippen LogP contribution in [-0.2, 0) is 0 Å². The fourth-order valence-corrected chi connectivity index (χ4v) is 4.02. The van der Waals surface area contributed by atoms with Crippen molar-refractivity contribution in [3.8, 4) is 5.75 Å². The fraction of sp³-hybridized carbons (Fsp3) is 0.412. The maximum Gasteiger partial charge on any atom is 0.127 e. The van der Waals surface area contributed by atoms with E-state index in [0.29, 0.717) is 0 Å². The molecule has 1 N–H and O–H groups in total.